The molecule has 1 fully saturated rings. The minimum Gasteiger partial charge on any atom is -0.315 e. The zero-order valence-electron chi connectivity index (χ0n) is 9.81. The maximum absolute atomic E-state index is 13.3. The molecule has 0 amide bonds. The van der Waals surface area contributed by atoms with Crippen LogP contribution in [0, 0.1) is 11.6 Å². The van der Waals surface area contributed by atoms with Gasteiger partial charge in [0.2, 0.25) is 0 Å². The SMILES string of the molecule is Fc1ccc(F)c(CCNCC2CCCN2)c1. The smallest absolute Gasteiger partial charge is 0.126 e. The van der Waals surface area contributed by atoms with Crippen LogP contribution in [0.1, 0.15) is 18.4 Å². The van der Waals surface area contributed by atoms with E-state index in [0.29, 0.717) is 24.6 Å². The number of halogens is 2. The van der Waals surface area contributed by atoms with Gasteiger partial charge in [0.1, 0.15) is 11.6 Å². The summed E-state index contributed by atoms with van der Waals surface area (Å²) < 4.78 is 26.2. The fourth-order valence-electron chi connectivity index (χ4n) is 2.17. The molecule has 2 rings (SSSR count). The van der Waals surface area contributed by atoms with E-state index in [1.165, 1.54) is 25.0 Å². The van der Waals surface area contributed by atoms with Crippen molar-refractivity contribution in [2.45, 2.75) is 25.3 Å². The second-order valence-electron chi connectivity index (χ2n) is 4.48. The van der Waals surface area contributed by atoms with Gasteiger partial charge in [-0.25, -0.2) is 8.78 Å². The first-order valence-corrected chi connectivity index (χ1v) is 6.14. The highest BCUT2D eigenvalue weighted by Gasteiger charge is 2.12. The van der Waals surface area contributed by atoms with Gasteiger partial charge >= 0.3 is 0 Å². The second kappa shape index (κ2) is 6.07. The number of hydrogen-bond donors (Lipinski definition) is 2. The Morgan fingerprint density at radius 3 is 3.00 bits per heavy atom. The lowest BCUT2D eigenvalue weighted by Crippen LogP contribution is -2.34. The van der Waals surface area contributed by atoms with E-state index in [-0.39, 0.29) is 11.6 Å². The molecule has 94 valence electrons. The summed E-state index contributed by atoms with van der Waals surface area (Å²) in [4.78, 5) is 0. The molecule has 1 aliphatic rings. The van der Waals surface area contributed by atoms with E-state index in [2.05, 4.69) is 10.6 Å². The Labute approximate surface area is 100 Å². The Bertz CT molecular complexity index is 362. The van der Waals surface area contributed by atoms with Crippen LogP contribution in [0.15, 0.2) is 18.2 Å². The van der Waals surface area contributed by atoms with Crippen LogP contribution >= 0.6 is 0 Å². The Morgan fingerprint density at radius 1 is 1.35 bits per heavy atom. The van der Waals surface area contributed by atoms with E-state index >= 15 is 0 Å². The maximum atomic E-state index is 13.3. The molecular formula is C13H18F2N2. The molecule has 1 aromatic carbocycles. The van der Waals surface area contributed by atoms with E-state index in [4.69, 9.17) is 0 Å². The fraction of sp³-hybridized carbons (Fsp3) is 0.538. The number of nitrogens with one attached hydrogen (secondary N) is 2. The largest absolute Gasteiger partial charge is 0.315 e. The van der Waals surface area contributed by atoms with Gasteiger partial charge in [-0.05, 0) is 56.1 Å². The van der Waals surface area contributed by atoms with Crippen LogP contribution in [0.25, 0.3) is 0 Å². The highest BCUT2D eigenvalue weighted by molar-refractivity contribution is 5.18. The molecule has 0 radical (unpaired) electrons. The molecule has 1 heterocycles. The zero-order valence-corrected chi connectivity index (χ0v) is 9.81. The van der Waals surface area contributed by atoms with Crippen molar-refractivity contribution in [1.29, 1.82) is 0 Å². The first kappa shape index (κ1) is 12.5. The maximum Gasteiger partial charge on any atom is 0.126 e. The van der Waals surface area contributed by atoms with Crippen LogP contribution < -0.4 is 10.6 Å². The molecule has 4 heteroatoms. The summed E-state index contributed by atoms with van der Waals surface area (Å²) in [5.74, 6) is -0.703. The van der Waals surface area contributed by atoms with Crippen molar-refractivity contribution in [3.8, 4) is 0 Å². The van der Waals surface area contributed by atoms with Gasteiger partial charge in [0.25, 0.3) is 0 Å². The first-order chi connectivity index (χ1) is 8.25. The third-order valence-corrected chi connectivity index (χ3v) is 3.13. The minimum atomic E-state index is -0.376. The van der Waals surface area contributed by atoms with Gasteiger partial charge in [-0.1, -0.05) is 0 Å². The highest BCUT2D eigenvalue weighted by Crippen LogP contribution is 2.10. The van der Waals surface area contributed by atoms with Crippen molar-refractivity contribution in [3.63, 3.8) is 0 Å². The van der Waals surface area contributed by atoms with Gasteiger partial charge in [-0.15, -0.1) is 0 Å². The van der Waals surface area contributed by atoms with E-state index in [1.54, 1.807) is 0 Å². The molecule has 0 aromatic heterocycles. The van der Waals surface area contributed by atoms with Crippen molar-refractivity contribution < 1.29 is 8.78 Å². The molecular weight excluding hydrogens is 222 g/mol. The zero-order chi connectivity index (χ0) is 12.1. The monoisotopic (exact) mass is 240 g/mol. The standard InChI is InChI=1S/C13H18F2N2/c14-11-3-4-13(15)10(8-11)5-7-16-9-12-2-1-6-17-12/h3-4,8,12,16-17H,1-2,5-7,9H2. The van der Waals surface area contributed by atoms with E-state index in [1.807, 2.05) is 0 Å². The highest BCUT2D eigenvalue weighted by atomic mass is 19.1. The van der Waals surface area contributed by atoms with Crippen LogP contribution in [-0.2, 0) is 6.42 Å². The van der Waals surface area contributed by atoms with Crippen molar-refractivity contribution >= 4 is 0 Å². The van der Waals surface area contributed by atoms with Gasteiger partial charge in [-0.3, -0.25) is 0 Å². The minimum absolute atomic E-state index is 0.327. The third kappa shape index (κ3) is 3.75. The molecule has 1 unspecified atom stereocenters. The lowest BCUT2D eigenvalue weighted by molar-refractivity contribution is 0.530. The molecule has 1 aliphatic heterocycles. The summed E-state index contributed by atoms with van der Waals surface area (Å²) in [7, 11) is 0. The Morgan fingerprint density at radius 2 is 2.24 bits per heavy atom. The average molecular weight is 240 g/mol. The van der Waals surface area contributed by atoms with Crippen LogP contribution in [0.4, 0.5) is 8.78 Å². The van der Waals surface area contributed by atoms with Gasteiger partial charge in [-0.2, -0.15) is 0 Å². The predicted molar refractivity (Wildman–Crippen MR) is 64.0 cm³/mol. The van der Waals surface area contributed by atoms with Gasteiger partial charge in [0, 0.05) is 12.6 Å². The summed E-state index contributed by atoms with van der Waals surface area (Å²) in [5.41, 5.74) is 0.442. The molecule has 2 nitrogen and oxygen atoms in total. The molecule has 1 aromatic rings. The molecule has 17 heavy (non-hydrogen) atoms. The Balaban J connectivity index is 1.72. The molecule has 1 atom stereocenters. The van der Waals surface area contributed by atoms with E-state index < -0.39 is 0 Å². The Hall–Kier alpha value is -1.00. The van der Waals surface area contributed by atoms with E-state index in [9.17, 15) is 8.78 Å². The topological polar surface area (TPSA) is 24.1 Å². The average Bonchev–Trinajstić information content (AvgIpc) is 2.82. The van der Waals surface area contributed by atoms with Crippen molar-refractivity contribution in [2.75, 3.05) is 19.6 Å². The van der Waals surface area contributed by atoms with Gasteiger partial charge in [0.15, 0.2) is 0 Å². The molecule has 0 bridgehead atoms. The number of hydrogen-bond acceptors (Lipinski definition) is 2. The van der Waals surface area contributed by atoms with Crippen LogP contribution in [-0.4, -0.2) is 25.7 Å². The van der Waals surface area contributed by atoms with E-state index in [0.717, 1.165) is 19.2 Å². The van der Waals surface area contributed by atoms with Gasteiger partial charge < -0.3 is 10.6 Å². The normalized spacial score (nSPS) is 19.8. The molecule has 0 spiro atoms. The molecule has 2 N–H and O–H groups in total. The summed E-state index contributed by atoms with van der Waals surface area (Å²) >= 11 is 0. The van der Waals surface area contributed by atoms with Crippen molar-refractivity contribution in [3.05, 3.63) is 35.4 Å². The van der Waals surface area contributed by atoms with Gasteiger partial charge in [0.05, 0.1) is 0 Å². The van der Waals surface area contributed by atoms with Crippen molar-refractivity contribution in [2.24, 2.45) is 0 Å². The summed E-state index contributed by atoms with van der Waals surface area (Å²) in [6.07, 6.45) is 2.95. The lowest BCUT2D eigenvalue weighted by Gasteiger charge is -2.11. The van der Waals surface area contributed by atoms with Crippen LogP contribution in [0.2, 0.25) is 0 Å². The molecule has 1 saturated heterocycles. The summed E-state index contributed by atoms with van der Waals surface area (Å²) in [5, 5.41) is 6.65. The fourth-order valence-corrected chi connectivity index (χ4v) is 2.17. The third-order valence-electron chi connectivity index (χ3n) is 3.13. The lowest BCUT2D eigenvalue weighted by atomic mass is 10.1. The summed E-state index contributed by atoms with van der Waals surface area (Å²) in [6.45, 7) is 2.67. The number of rotatable bonds is 5. The quantitative estimate of drug-likeness (QED) is 0.768. The van der Waals surface area contributed by atoms with Crippen LogP contribution in [0.5, 0.6) is 0 Å². The Kier molecular flexibility index (Phi) is 4.45. The second-order valence-corrected chi connectivity index (χ2v) is 4.48. The van der Waals surface area contributed by atoms with Crippen LogP contribution in [0.3, 0.4) is 0 Å². The first-order valence-electron chi connectivity index (χ1n) is 6.14. The molecule has 0 saturated carbocycles. The van der Waals surface area contributed by atoms with Crippen molar-refractivity contribution in [1.82, 2.24) is 10.6 Å². The summed E-state index contributed by atoms with van der Waals surface area (Å²) in [6, 6.07) is 4.13. The number of benzene rings is 1. The molecule has 0 aliphatic carbocycles. The predicted octanol–water partition coefficient (Wildman–Crippen LogP) is 1.85.